The molecular weight excluding hydrogens is 222 g/mol. The molecule has 1 aliphatic carbocycles. The number of nitrogens with zero attached hydrogens (tertiary/aromatic N) is 1. The van der Waals surface area contributed by atoms with Crippen molar-refractivity contribution in [2.75, 3.05) is 13.1 Å². The van der Waals surface area contributed by atoms with Gasteiger partial charge >= 0.3 is 0 Å². The Morgan fingerprint density at radius 3 is 2.50 bits per heavy atom. The van der Waals surface area contributed by atoms with Crippen molar-refractivity contribution in [2.45, 2.75) is 12.8 Å². The summed E-state index contributed by atoms with van der Waals surface area (Å²) in [7, 11) is 0. The van der Waals surface area contributed by atoms with E-state index >= 15 is 0 Å². The number of halogens is 1. The molecular formula is C13H14ClNO. The van der Waals surface area contributed by atoms with Crippen LogP contribution in [0.3, 0.4) is 0 Å². The van der Waals surface area contributed by atoms with Gasteiger partial charge in [-0.25, -0.2) is 0 Å². The molecule has 2 nitrogen and oxygen atoms in total. The van der Waals surface area contributed by atoms with Gasteiger partial charge in [-0.1, -0.05) is 23.7 Å². The minimum absolute atomic E-state index is 0.259. The van der Waals surface area contributed by atoms with Crippen LogP contribution in [-0.4, -0.2) is 23.9 Å². The maximum Gasteiger partial charge on any atom is 0.227 e. The van der Waals surface area contributed by atoms with Crippen molar-refractivity contribution in [1.29, 1.82) is 0 Å². The van der Waals surface area contributed by atoms with Crippen molar-refractivity contribution in [3.05, 3.63) is 34.9 Å². The van der Waals surface area contributed by atoms with E-state index in [1.54, 1.807) is 0 Å². The van der Waals surface area contributed by atoms with Crippen LogP contribution >= 0.6 is 11.6 Å². The summed E-state index contributed by atoms with van der Waals surface area (Å²) in [6, 6.07) is 7.53. The molecule has 0 N–H and O–H groups in total. The Labute approximate surface area is 100 Å². The Morgan fingerprint density at radius 1 is 1.25 bits per heavy atom. The van der Waals surface area contributed by atoms with Crippen LogP contribution in [0, 0.1) is 11.8 Å². The summed E-state index contributed by atoms with van der Waals surface area (Å²) in [4.78, 5) is 14.0. The van der Waals surface area contributed by atoms with E-state index < -0.39 is 0 Å². The zero-order chi connectivity index (χ0) is 11.1. The lowest BCUT2D eigenvalue weighted by Crippen LogP contribution is -2.31. The van der Waals surface area contributed by atoms with E-state index in [1.807, 2.05) is 29.2 Å². The Morgan fingerprint density at radius 2 is 1.88 bits per heavy atom. The number of carbonyl (C=O) groups excluding carboxylic acids is 1. The first kappa shape index (κ1) is 10.2. The van der Waals surface area contributed by atoms with Gasteiger partial charge in [0.2, 0.25) is 5.91 Å². The van der Waals surface area contributed by atoms with E-state index in [4.69, 9.17) is 11.6 Å². The summed E-state index contributed by atoms with van der Waals surface area (Å²) in [5.74, 6) is 1.89. The molecule has 0 aromatic heterocycles. The minimum atomic E-state index is 0.259. The molecule has 2 unspecified atom stereocenters. The second-order valence-electron chi connectivity index (χ2n) is 4.86. The van der Waals surface area contributed by atoms with Gasteiger partial charge in [0.15, 0.2) is 0 Å². The van der Waals surface area contributed by atoms with Crippen LogP contribution in [0.1, 0.15) is 12.0 Å². The highest BCUT2D eigenvalue weighted by Crippen LogP contribution is 2.44. The second kappa shape index (κ2) is 3.77. The number of fused-ring (bicyclic) bond motifs is 1. The fraction of sp³-hybridized carbons (Fsp3) is 0.462. The third kappa shape index (κ3) is 1.94. The number of likely N-dealkylation sites (tertiary alicyclic amines) is 1. The Bertz CT molecular complexity index is 404. The van der Waals surface area contributed by atoms with Crippen LogP contribution in [-0.2, 0) is 11.2 Å². The molecule has 0 bridgehead atoms. The second-order valence-corrected chi connectivity index (χ2v) is 5.29. The lowest BCUT2D eigenvalue weighted by Gasteiger charge is -2.17. The Balaban J connectivity index is 1.61. The predicted molar refractivity (Wildman–Crippen MR) is 63.3 cm³/mol. The molecule has 2 aliphatic rings. The Kier molecular flexibility index (Phi) is 2.40. The predicted octanol–water partition coefficient (Wildman–Crippen LogP) is 2.36. The van der Waals surface area contributed by atoms with Crippen LogP contribution in [0.25, 0.3) is 0 Å². The summed E-state index contributed by atoms with van der Waals surface area (Å²) >= 11 is 5.80. The van der Waals surface area contributed by atoms with Crippen LogP contribution < -0.4 is 0 Å². The normalized spacial score (nSPS) is 26.7. The number of hydrogen-bond donors (Lipinski definition) is 0. The molecule has 2 fully saturated rings. The third-order valence-corrected chi connectivity index (χ3v) is 3.85. The van der Waals surface area contributed by atoms with E-state index in [2.05, 4.69) is 0 Å². The van der Waals surface area contributed by atoms with Crippen LogP contribution in [0.5, 0.6) is 0 Å². The lowest BCUT2D eigenvalue weighted by atomic mass is 10.1. The number of benzene rings is 1. The molecule has 1 amide bonds. The highest BCUT2D eigenvalue weighted by atomic mass is 35.5. The zero-order valence-corrected chi connectivity index (χ0v) is 9.78. The summed E-state index contributed by atoms with van der Waals surface area (Å²) < 4.78 is 0. The monoisotopic (exact) mass is 235 g/mol. The van der Waals surface area contributed by atoms with Crippen LogP contribution in [0.2, 0.25) is 5.02 Å². The van der Waals surface area contributed by atoms with Crippen molar-refractivity contribution in [2.24, 2.45) is 11.8 Å². The number of piperidine rings is 1. The molecule has 0 radical (unpaired) electrons. The maximum absolute atomic E-state index is 12.0. The highest BCUT2D eigenvalue weighted by molar-refractivity contribution is 6.30. The largest absolute Gasteiger partial charge is 0.342 e. The van der Waals surface area contributed by atoms with E-state index in [0.717, 1.165) is 35.5 Å². The van der Waals surface area contributed by atoms with E-state index in [1.165, 1.54) is 6.42 Å². The van der Waals surface area contributed by atoms with Gasteiger partial charge in [-0.2, -0.15) is 0 Å². The quantitative estimate of drug-likeness (QED) is 0.771. The molecule has 1 saturated heterocycles. The van der Waals surface area contributed by atoms with Crippen molar-refractivity contribution < 1.29 is 4.79 Å². The molecule has 16 heavy (non-hydrogen) atoms. The average molecular weight is 236 g/mol. The van der Waals surface area contributed by atoms with Crippen molar-refractivity contribution in [3.63, 3.8) is 0 Å². The smallest absolute Gasteiger partial charge is 0.227 e. The van der Waals surface area contributed by atoms with Gasteiger partial charge in [0.25, 0.3) is 0 Å². The molecule has 2 atom stereocenters. The van der Waals surface area contributed by atoms with E-state index in [9.17, 15) is 4.79 Å². The maximum atomic E-state index is 12.0. The molecule has 1 saturated carbocycles. The number of carbonyl (C=O) groups is 1. The SMILES string of the molecule is O=C(Cc1ccc(Cl)cc1)N1CC2CC2C1. The lowest BCUT2D eigenvalue weighted by molar-refractivity contribution is -0.129. The molecule has 3 heteroatoms. The van der Waals surface area contributed by atoms with Gasteiger partial charge in [-0.15, -0.1) is 0 Å². The zero-order valence-electron chi connectivity index (χ0n) is 9.03. The van der Waals surface area contributed by atoms with Gasteiger partial charge in [-0.05, 0) is 36.0 Å². The molecule has 84 valence electrons. The highest BCUT2D eigenvalue weighted by Gasteiger charge is 2.46. The fourth-order valence-electron chi connectivity index (χ4n) is 2.49. The molecule has 1 heterocycles. The molecule has 1 aromatic rings. The third-order valence-electron chi connectivity index (χ3n) is 3.60. The number of hydrogen-bond acceptors (Lipinski definition) is 1. The molecule has 1 aliphatic heterocycles. The van der Waals surface area contributed by atoms with Gasteiger partial charge in [0, 0.05) is 18.1 Å². The topological polar surface area (TPSA) is 20.3 Å². The summed E-state index contributed by atoms with van der Waals surface area (Å²) in [5, 5.41) is 0.721. The van der Waals surface area contributed by atoms with E-state index in [-0.39, 0.29) is 5.91 Å². The standard InChI is InChI=1S/C13H14ClNO/c14-12-3-1-9(2-4-12)5-13(16)15-7-10-6-11(10)8-15/h1-4,10-11H,5-8H2. The van der Waals surface area contributed by atoms with Crippen LogP contribution in [0.4, 0.5) is 0 Å². The first-order valence-electron chi connectivity index (χ1n) is 5.74. The number of amides is 1. The van der Waals surface area contributed by atoms with Gasteiger partial charge < -0.3 is 4.90 Å². The Hall–Kier alpha value is -1.02. The first-order chi connectivity index (χ1) is 7.72. The molecule has 0 spiro atoms. The number of rotatable bonds is 2. The summed E-state index contributed by atoms with van der Waals surface area (Å²) in [6.45, 7) is 1.97. The fourth-order valence-corrected chi connectivity index (χ4v) is 2.62. The molecule has 3 rings (SSSR count). The van der Waals surface area contributed by atoms with Crippen molar-refractivity contribution in [3.8, 4) is 0 Å². The van der Waals surface area contributed by atoms with Crippen molar-refractivity contribution in [1.82, 2.24) is 4.90 Å². The van der Waals surface area contributed by atoms with Gasteiger partial charge in [-0.3, -0.25) is 4.79 Å². The van der Waals surface area contributed by atoms with Gasteiger partial charge in [0.05, 0.1) is 6.42 Å². The molecule has 1 aromatic carbocycles. The van der Waals surface area contributed by atoms with Crippen LogP contribution in [0.15, 0.2) is 24.3 Å². The van der Waals surface area contributed by atoms with Crippen molar-refractivity contribution >= 4 is 17.5 Å². The van der Waals surface area contributed by atoms with Gasteiger partial charge in [0.1, 0.15) is 0 Å². The average Bonchev–Trinajstić information content (AvgIpc) is 2.89. The summed E-state index contributed by atoms with van der Waals surface area (Å²) in [6.07, 6.45) is 1.85. The minimum Gasteiger partial charge on any atom is -0.342 e. The van der Waals surface area contributed by atoms with E-state index in [0.29, 0.717) is 6.42 Å². The first-order valence-corrected chi connectivity index (χ1v) is 6.12. The summed E-state index contributed by atoms with van der Waals surface area (Å²) in [5.41, 5.74) is 1.05.